The Morgan fingerprint density at radius 2 is 1.94 bits per heavy atom. The molecule has 0 amide bonds. The largest absolute Gasteiger partial charge is 0.393 e. The van der Waals surface area contributed by atoms with E-state index < -0.39 is 0 Å². The second kappa shape index (κ2) is 5.19. The third-order valence-electron chi connectivity index (χ3n) is 3.68. The van der Waals surface area contributed by atoms with Crippen molar-refractivity contribution in [3.8, 4) is 0 Å². The second-order valence-corrected chi connectivity index (χ2v) is 5.52. The number of aliphatic hydroxyl groups is 1. The maximum atomic E-state index is 9.60. The zero-order valence-corrected chi connectivity index (χ0v) is 11.1. The van der Waals surface area contributed by atoms with E-state index in [9.17, 15) is 5.11 Å². The summed E-state index contributed by atoms with van der Waals surface area (Å²) >= 11 is 0. The summed E-state index contributed by atoms with van der Waals surface area (Å²) in [5, 5.41) is 9.60. The molecule has 1 saturated heterocycles. The summed E-state index contributed by atoms with van der Waals surface area (Å²) in [6.07, 6.45) is 0.960. The maximum absolute atomic E-state index is 9.60. The molecule has 1 heterocycles. The molecule has 94 valence electrons. The van der Waals surface area contributed by atoms with Crippen LogP contribution in [0.3, 0.4) is 0 Å². The minimum atomic E-state index is -0.167. The molecular weight excluding hydrogens is 210 g/mol. The van der Waals surface area contributed by atoms with Crippen molar-refractivity contribution in [1.82, 2.24) is 4.90 Å². The number of aryl methyl sites for hydroxylation is 2. The first kappa shape index (κ1) is 12.6. The summed E-state index contributed by atoms with van der Waals surface area (Å²) in [5.41, 5.74) is 4.08. The van der Waals surface area contributed by atoms with Gasteiger partial charge in [-0.05, 0) is 45.2 Å². The van der Waals surface area contributed by atoms with E-state index in [1.165, 1.54) is 16.7 Å². The van der Waals surface area contributed by atoms with E-state index in [2.05, 4.69) is 36.9 Å². The first-order chi connectivity index (χ1) is 8.04. The van der Waals surface area contributed by atoms with Crippen molar-refractivity contribution < 1.29 is 5.11 Å². The highest BCUT2D eigenvalue weighted by Gasteiger charge is 2.25. The summed E-state index contributed by atoms with van der Waals surface area (Å²) in [7, 11) is 0. The van der Waals surface area contributed by atoms with E-state index >= 15 is 0 Å². The average molecular weight is 233 g/mol. The van der Waals surface area contributed by atoms with Crippen molar-refractivity contribution in [2.24, 2.45) is 5.92 Å². The highest BCUT2D eigenvalue weighted by atomic mass is 16.3. The second-order valence-electron chi connectivity index (χ2n) is 5.52. The van der Waals surface area contributed by atoms with Crippen molar-refractivity contribution in [2.45, 2.75) is 39.8 Å². The normalized spacial score (nSPS) is 22.9. The van der Waals surface area contributed by atoms with E-state index in [0.717, 1.165) is 26.1 Å². The summed E-state index contributed by atoms with van der Waals surface area (Å²) in [5.74, 6) is 0.459. The molecule has 2 unspecified atom stereocenters. The first-order valence-corrected chi connectivity index (χ1v) is 6.52. The van der Waals surface area contributed by atoms with Crippen LogP contribution in [0, 0.1) is 19.8 Å². The van der Waals surface area contributed by atoms with Crippen molar-refractivity contribution in [2.75, 3.05) is 13.1 Å². The van der Waals surface area contributed by atoms with Crippen LogP contribution in [0.5, 0.6) is 0 Å². The van der Waals surface area contributed by atoms with Gasteiger partial charge in [0.1, 0.15) is 0 Å². The average Bonchev–Trinajstić information content (AvgIpc) is 2.64. The van der Waals surface area contributed by atoms with Crippen LogP contribution in [0.1, 0.15) is 30.0 Å². The molecule has 2 heteroatoms. The van der Waals surface area contributed by atoms with E-state index in [1.807, 2.05) is 6.92 Å². The van der Waals surface area contributed by atoms with Crippen molar-refractivity contribution in [3.63, 3.8) is 0 Å². The van der Waals surface area contributed by atoms with Gasteiger partial charge in [-0.1, -0.05) is 29.3 Å². The topological polar surface area (TPSA) is 23.5 Å². The van der Waals surface area contributed by atoms with E-state index in [0.29, 0.717) is 5.92 Å². The molecule has 1 aliphatic rings. The molecular formula is C15H23NO. The van der Waals surface area contributed by atoms with Crippen molar-refractivity contribution in [1.29, 1.82) is 0 Å². The molecule has 17 heavy (non-hydrogen) atoms. The number of nitrogens with zero attached hydrogens (tertiary/aromatic N) is 1. The zero-order valence-electron chi connectivity index (χ0n) is 11.1. The van der Waals surface area contributed by atoms with Gasteiger partial charge >= 0.3 is 0 Å². The van der Waals surface area contributed by atoms with E-state index in [-0.39, 0.29) is 6.10 Å². The molecule has 2 atom stereocenters. The molecule has 0 spiro atoms. The molecule has 0 aliphatic carbocycles. The number of aliphatic hydroxyl groups excluding tert-OH is 1. The predicted molar refractivity (Wildman–Crippen MR) is 71.0 cm³/mol. The van der Waals surface area contributed by atoms with Crippen molar-refractivity contribution in [3.05, 3.63) is 34.9 Å². The molecule has 1 fully saturated rings. The minimum Gasteiger partial charge on any atom is -0.393 e. The summed E-state index contributed by atoms with van der Waals surface area (Å²) in [6.45, 7) is 9.38. The smallest absolute Gasteiger partial charge is 0.0552 e. The molecule has 0 aromatic heterocycles. The van der Waals surface area contributed by atoms with Crippen LogP contribution < -0.4 is 0 Å². The fraction of sp³-hybridized carbons (Fsp3) is 0.600. The number of benzene rings is 1. The van der Waals surface area contributed by atoms with Gasteiger partial charge in [0.25, 0.3) is 0 Å². The predicted octanol–water partition coefficient (Wildman–Crippen LogP) is 2.51. The third-order valence-corrected chi connectivity index (χ3v) is 3.68. The van der Waals surface area contributed by atoms with Crippen LogP contribution in [-0.2, 0) is 6.54 Å². The highest BCUT2D eigenvalue weighted by molar-refractivity contribution is 5.28. The van der Waals surface area contributed by atoms with Gasteiger partial charge in [0.2, 0.25) is 0 Å². The molecule has 1 aromatic rings. The number of hydrogen-bond acceptors (Lipinski definition) is 2. The number of hydrogen-bond donors (Lipinski definition) is 1. The van der Waals surface area contributed by atoms with Gasteiger partial charge < -0.3 is 5.11 Å². The van der Waals surface area contributed by atoms with Gasteiger partial charge in [0.05, 0.1) is 6.10 Å². The first-order valence-electron chi connectivity index (χ1n) is 6.52. The lowest BCUT2D eigenvalue weighted by Gasteiger charge is -2.18. The van der Waals surface area contributed by atoms with Crippen LogP contribution >= 0.6 is 0 Å². The van der Waals surface area contributed by atoms with Crippen LogP contribution in [0.4, 0.5) is 0 Å². The van der Waals surface area contributed by atoms with Crippen LogP contribution in [0.25, 0.3) is 0 Å². The number of likely N-dealkylation sites (tertiary alicyclic amines) is 1. The highest BCUT2D eigenvalue weighted by Crippen LogP contribution is 2.22. The molecule has 2 nitrogen and oxygen atoms in total. The Morgan fingerprint density at radius 1 is 1.29 bits per heavy atom. The van der Waals surface area contributed by atoms with E-state index in [4.69, 9.17) is 0 Å². The Kier molecular flexibility index (Phi) is 3.85. The van der Waals surface area contributed by atoms with Crippen molar-refractivity contribution >= 4 is 0 Å². The SMILES string of the molecule is Cc1cc(C)cc(CN2CCC(C(C)O)C2)c1. The van der Waals surface area contributed by atoms with Crippen LogP contribution in [0.15, 0.2) is 18.2 Å². The van der Waals surface area contributed by atoms with Gasteiger partial charge in [0.15, 0.2) is 0 Å². The molecule has 0 radical (unpaired) electrons. The Bertz CT molecular complexity index is 366. The van der Waals surface area contributed by atoms with Gasteiger partial charge in [-0.2, -0.15) is 0 Å². The maximum Gasteiger partial charge on any atom is 0.0552 e. The van der Waals surface area contributed by atoms with Gasteiger partial charge in [0, 0.05) is 13.1 Å². The fourth-order valence-corrected chi connectivity index (χ4v) is 2.82. The lowest BCUT2D eigenvalue weighted by atomic mass is 10.0. The van der Waals surface area contributed by atoms with Crippen LogP contribution in [0.2, 0.25) is 0 Å². The monoisotopic (exact) mass is 233 g/mol. The lowest BCUT2D eigenvalue weighted by Crippen LogP contribution is -2.24. The Balaban J connectivity index is 1.98. The van der Waals surface area contributed by atoms with Crippen LogP contribution in [-0.4, -0.2) is 29.2 Å². The molecule has 1 aromatic carbocycles. The molecule has 1 N–H and O–H groups in total. The summed E-state index contributed by atoms with van der Waals surface area (Å²) in [6, 6.07) is 6.75. The number of rotatable bonds is 3. The van der Waals surface area contributed by atoms with Gasteiger partial charge in [-0.25, -0.2) is 0 Å². The summed E-state index contributed by atoms with van der Waals surface area (Å²) < 4.78 is 0. The summed E-state index contributed by atoms with van der Waals surface area (Å²) in [4.78, 5) is 2.45. The quantitative estimate of drug-likeness (QED) is 0.867. The Labute approximate surface area is 104 Å². The third kappa shape index (κ3) is 3.30. The standard InChI is InChI=1S/C15H23NO/c1-11-6-12(2)8-14(7-11)9-16-5-4-15(10-16)13(3)17/h6-8,13,15,17H,4-5,9-10H2,1-3H3. The van der Waals surface area contributed by atoms with E-state index in [1.54, 1.807) is 0 Å². The molecule has 0 bridgehead atoms. The minimum absolute atomic E-state index is 0.167. The molecule has 1 aliphatic heterocycles. The molecule has 0 saturated carbocycles. The van der Waals surface area contributed by atoms with Gasteiger partial charge in [-0.15, -0.1) is 0 Å². The Morgan fingerprint density at radius 3 is 2.47 bits per heavy atom. The fourth-order valence-electron chi connectivity index (χ4n) is 2.82. The molecule has 2 rings (SSSR count). The Hall–Kier alpha value is -0.860. The zero-order chi connectivity index (χ0) is 12.4. The van der Waals surface area contributed by atoms with Gasteiger partial charge in [-0.3, -0.25) is 4.90 Å². The lowest BCUT2D eigenvalue weighted by molar-refractivity contribution is 0.127.